The Balaban J connectivity index is 1.49. The Morgan fingerprint density at radius 3 is 2.83 bits per heavy atom. The van der Waals surface area contributed by atoms with Crippen molar-refractivity contribution in [1.82, 2.24) is 9.88 Å². The number of thiazole rings is 1. The Hall–Kier alpha value is -2.48. The van der Waals surface area contributed by atoms with E-state index in [0.29, 0.717) is 12.3 Å². The van der Waals surface area contributed by atoms with Gasteiger partial charge in [-0.15, -0.1) is 0 Å². The second-order valence-electron chi connectivity index (χ2n) is 7.07. The summed E-state index contributed by atoms with van der Waals surface area (Å²) in [5.41, 5.74) is 2.02. The molecule has 1 fully saturated rings. The van der Waals surface area contributed by atoms with Gasteiger partial charge in [-0.05, 0) is 36.8 Å². The molecule has 152 valence electrons. The van der Waals surface area contributed by atoms with Gasteiger partial charge in [-0.25, -0.2) is 4.98 Å². The third-order valence-corrected chi connectivity index (χ3v) is 5.97. The van der Waals surface area contributed by atoms with Crippen LogP contribution in [0.5, 0.6) is 5.75 Å². The number of hydrogen-bond acceptors (Lipinski definition) is 6. The van der Waals surface area contributed by atoms with Crippen LogP contribution in [0.4, 0.5) is 5.13 Å². The van der Waals surface area contributed by atoms with Crippen LogP contribution in [-0.4, -0.2) is 61.8 Å². The monoisotopic (exact) mass is 411 g/mol. The molecule has 4 rings (SSSR count). The molecule has 0 spiro atoms. The Labute approximate surface area is 174 Å². The van der Waals surface area contributed by atoms with Crippen LogP contribution in [0.1, 0.15) is 5.56 Å². The number of hydrogen-bond donors (Lipinski definition) is 0. The van der Waals surface area contributed by atoms with E-state index < -0.39 is 0 Å². The highest BCUT2D eigenvalue weighted by Crippen LogP contribution is 2.28. The number of carbonyl (C=O) groups excluding carboxylic acids is 1. The van der Waals surface area contributed by atoms with Gasteiger partial charge in [0.1, 0.15) is 5.75 Å². The maximum Gasteiger partial charge on any atom is 0.266 e. The zero-order valence-electron chi connectivity index (χ0n) is 16.5. The standard InChI is InChI=1S/C22H25N3O3S/c1-17-5-4-6-18(15-17)28-16-21(26)25(10-9-24-11-13-27-14-12-24)22-23-19-7-2-3-8-20(19)29-22/h2-8,15H,9-14,16H2,1H3. The molecule has 0 aliphatic carbocycles. The SMILES string of the molecule is Cc1cccc(OCC(=O)N(CCN2CCOCC2)c2nc3ccccc3s2)c1. The first kappa shape index (κ1) is 19.8. The van der Waals surface area contributed by atoms with Crippen molar-refractivity contribution in [2.24, 2.45) is 0 Å². The van der Waals surface area contributed by atoms with E-state index in [1.807, 2.05) is 55.5 Å². The Kier molecular flexibility index (Phi) is 6.39. The fourth-order valence-corrected chi connectivity index (χ4v) is 4.31. The largest absolute Gasteiger partial charge is 0.484 e. The van der Waals surface area contributed by atoms with Gasteiger partial charge in [0.05, 0.1) is 23.4 Å². The van der Waals surface area contributed by atoms with Gasteiger partial charge >= 0.3 is 0 Å². The van der Waals surface area contributed by atoms with Gasteiger partial charge in [0, 0.05) is 26.2 Å². The van der Waals surface area contributed by atoms with E-state index >= 15 is 0 Å². The molecule has 0 unspecified atom stereocenters. The topological polar surface area (TPSA) is 54.9 Å². The molecule has 2 heterocycles. The van der Waals surface area contributed by atoms with Crippen molar-refractivity contribution < 1.29 is 14.3 Å². The number of benzene rings is 2. The van der Waals surface area contributed by atoms with Crippen molar-refractivity contribution in [3.8, 4) is 5.75 Å². The first-order chi connectivity index (χ1) is 14.2. The minimum absolute atomic E-state index is 0.0114. The molecule has 1 saturated heterocycles. The van der Waals surface area contributed by atoms with Crippen LogP contribution in [0.15, 0.2) is 48.5 Å². The lowest BCUT2D eigenvalue weighted by molar-refractivity contribution is -0.120. The summed E-state index contributed by atoms with van der Waals surface area (Å²) in [6.45, 7) is 6.62. The molecule has 1 aliphatic rings. The quantitative estimate of drug-likeness (QED) is 0.597. The minimum Gasteiger partial charge on any atom is -0.484 e. The molecule has 1 amide bonds. The highest BCUT2D eigenvalue weighted by molar-refractivity contribution is 7.22. The fourth-order valence-electron chi connectivity index (χ4n) is 3.30. The van der Waals surface area contributed by atoms with Gasteiger partial charge in [0.15, 0.2) is 11.7 Å². The number of anilines is 1. The Morgan fingerprint density at radius 2 is 2.03 bits per heavy atom. The van der Waals surface area contributed by atoms with E-state index in [0.717, 1.165) is 53.8 Å². The molecule has 1 aromatic heterocycles. The Bertz CT molecular complexity index is 936. The maximum atomic E-state index is 13.1. The van der Waals surface area contributed by atoms with Gasteiger partial charge < -0.3 is 9.47 Å². The molecule has 0 bridgehead atoms. The highest BCUT2D eigenvalue weighted by atomic mass is 32.1. The predicted molar refractivity (Wildman–Crippen MR) is 116 cm³/mol. The average molecular weight is 412 g/mol. The third-order valence-electron chi connectivity index (χ3n) is 4.91. The molecular weight excluding hydrogens is 386 g/mol. The fraction of sp³-hybridized carbons (Fsp3) is 0.364. The van der Waals surface area contributed by atoms with E-state index in [9.17, 15) is 4.79 Å². The minimum atomic E-state index is -0.0844. The first-order valence-corrected chi connectivity index (χ1v) is 10.7. The summed E-state index contributed by atoms with van der Waals surface area (Å²) in [5, 5.41) is 0.720. The van der Waals surface area contributed by atoms with Crippen molar-refractivity contribution in [2.45, 2.75) is 6.92 Å². The Morgan fingerprint density at radius 1 is 1.21 bits per heavy atom. The van der Waals surface area contributed by atoms with E-state index in [4.69, 9.17) is 14.5 Å². The summed E-state index contributed by atoms with van der Waals surface area (Å²) in [4.78, 5) is 21.8. The van der Waals surface area contributed by atoms with Crippen molar-refractivity contribution in [2.75, 3.05) is 50.9 Å². The number of para-hydroxylation sites is 1. The number of amides is 1. The van der Waals surface area contributed by atoms with Crippen LogP contribution in [0.25, 0.3) is 10.2 Å². The van der Waals surface area contributed by atoms with E-state index in [1.54, 1.807) is 4.90 Å². The van der Waals surface area contributed by atoms with Crippen LogP contribution in [-0.2, 0) is 9.53 Å². The summed E-state index contributed by atoms with van der Waals surface area (Å²) in [5.74, 6) is 0.620. The molecule has 1 aliphatic heterocycles. The third kappa shape index (κ3) is 5.12. The number of ether oxygens (including phenoxy) is 2. The smallest absolute Gasteiger partial charge is 0.266 e. The van der Waals surface area contributed by atoms with Gasteiger partial charge in [0.2, 0.25) is 0 Å². The van der Waals surface area contributed by atoms with Crippen molar-refractivity contribution in [1.29, 1.82) is 0 Å². The number of morpholine rings is 1. The van der Waals surface area contributed by atoms with Gasteiger partial charge in [-0.2, -0.15) is 0 Å². The predicted octanol–water partition coefficient (Wildman–Crippen LogP) is 3.35. The summed E-state index contributed by atoms with van der Waals surface area (Å²) in [7, 11) is 0. The van der Waals surface area contributed by atoms with E-state index in [2.05, 4.69) is 4.90 Å². The maximum absolute atomic E-state index is 13.1. The highest BCUT2D eigenvalue weighted by Gasteiger charge is 2.22. The summed E-state index contributed by atoms with van der Waals surface area (Å²) in [6.07, 6.45) is 0. The normalized spacial score (nSPS) is 14.8. The number of nitrogens with zero attached hydrogens (tertiary/aromatic N) is 3. The first-order valence-electron chi connectivity index (χ1n) is 9.84. The summed E-state index contributed by atoms with van der Waals surface area (Å²) >= 11 is 1.54. The molecule has 6 nitrogen and oxygen atoms in total. The lowest BCUT2D eigenvalue weighted by atomic mass is 10.2. The van der Waals surface area contributed by atoms with Gasteiger partial charge in [-0.1, -0.05) is 35.6 Å². The second kappa shape index (κ2) is 9.35. The van der Waals surface area contributed by atoms with Crippen LogP contribution in [0, 0.1) is 6.92 Å². The van der Waals surface area contributed by atoms with Crippen LogP contribution in [0.3, 0.4) is 0 Å². The summed E-state index contributed by atoms with van der Waals surface area (Å²) < 4.78 is 12.3. The molecule has 29 heavy (non-hydrogen) atoms. The zero-order valence-corrected chi connectivity index (χ0v) is 17.4. The number of carbonyl (C=O) groups is 1. The lowest BCUT2D eigenvalue weighted by Gasteiger charge is -2.29. The van der Waals surface area contributed by atoms with Crippen LogP contribution >= 0.6 is 11.3 Å². The molecule has 0 N–H and O–H groups in total. The van der Waals surface area contributed by atoms with Crippen molar-refractivity contribution >= 4 is 32.6 Å². The average Bonchev–Trinajstić information content (AvgIpc) is 3.17. The van der Waals surface area contributed by atoms with E-state index in [1.165, 1.54) is 11.3 Å². The molecule has 2 aromatic carbocycles. The molecular formula is C22H25N3O3S. The number of aryl methyl sites for hydroxylation is 1. The van der Waals surface area contributed by atoms with Crippen LogP contribution in [0.2, 0.25) is 0 Å². The van der Waals surface area contributed by atoms with Gasteiger partial charge in [-0.3, -0.25) is 14.6 Å². The van der Waals surface area contributed by atoms with Crippen LogP contribution < -0.4 is 9.64 Å². The molecule has 0 saturated carbocycles. The van der Waals surface area contributed by atoms with Gasteiger partial charge in [0.25, 0.3) is 5.91 Å². The van der Waals surface area contributed by atoms with Crippen molar-refractivity contribution in [3.63, 3.8) is 0 Å². The molecule has 7 heteroatoms. The number of fused-ring (bicyclic) bond motifs is 1. The number of rotatable bonds is 7. The van der Waals surface area contributed by atoms with Crippen molar-refractivity contribution in [3.05, 3.63) is 54.1 Å². The zero-order chi connectivity index (χ0) is 20.1. The molecule has 3 aromatic rings. The second-order valence-corrected chi connectivity index (χ2v) is 8.08. The molecule has 0 atom stereocenters. The number of aromatic nitrogens is 1. The summed E-state index contributed by atoms with van der Waals surface area (Å²) in [6, 6.07) is 15.7. The lowest BCUT2D eigenvalue weighted by Crippen LogP contribution is -2.44. The van der Waals surface area contributed by atoms with E-state index in [-0.39, 0.29) is 12.5 Å². The molecule has 0 radical (unpaired) electrons.